The van der Waals surface area contributed by atoms with Gasteiger partial charge in [-0.15, -0.1) is 0 Å². The lowest BCUT2D eigenvalue weighted by Gasteiger charge is -2.33. The minimum atomic E-state index is -0.142. The maximum absolute atomic E-state index is 12.3. The maximum Gasteiger partial charge on any atom is 0.323 e. The fourth-order valence-electron chi connectivity index (χ4n) is 3.10. The summed E-state index contributed by atoms with van der Waals surface area (Å²) in [4.78, 5) is 26.0. The molecule has 0 spiro atoms. The van der Waals surface area contributed by atoms with Crippen LogP contribution in [0.3, 0.4) is 0 Å². The van der Waals surface area contributed by atoms with E-state index in [1.54, 1.807) is 24.3 Å². The van der Waals surface area contributed by atoms with Crippen LogP contribution >= 0.6 is 0 Å². The predicted octanol–water partition coefficient (Wildman–Crippen LogP) is 1.36. The molecule has 2 fully saturated rings. The molecule has 2 N–H and O–H groups in total. The second-order valence-corrected chi connectivity index (χ2v) is 5.79. The first kappa shape index (κ1) is 14.8. The van der Waals surface area contributed by atoms with Crippen LogP contribution in [0.15, 0.2) is 24.3 Å². The van der Waals surface area contributed by atoms with E-state index in [0.29, 0.717) is 25.1 Å². The van der Waals surface area contributed by atoms with Crippen LogP contribution in [-0.2, 0) is 14.3 Å². The zero-order chi connectivity index (χ0) is 15.5. The van der Waals surface area contributed by atoms with Crippen molar-refractivity contribution in [2.45, 2.75) is 25.3 Å². The first-order valence-electron chi connectivity index (χ1n) is 7.64. The topological polar surface area (TPSA) is 78.9 Å². The van der Waals surface area contributed by atoms with Gasteiger partial charge in [0.05, 0.1) is 12.3 Å². The highest BCUT2D eigenvalue weighted by Gasteiger charge is 2.35. The van der Waals surface area contributed by atoms with E-state index < -0.39 is 0 Å². The Labute approximate surface area is 129 Å². The van der Waals surface area contributed by atoms with Crippen molar-refractivity contribution in [3.05, 3.63) is 24.3 Å². The lowest BCUT2D eigenvalue weighted by Crippen LogP contribution is -2.45. The number of rotatable bonds is 3. The molecule has 0 radical (unpaired) electrons. The van der Waals surface area contributed by atoms with E-state index in [0.717, 1.165) is 19.5 Å². The molecular weight excluding hydrogens is 284 g/mol. The standard InChI is InChI=1S/C16H20N2O4/c19-14-4-2-1-3-12(14)17-15(20)11-5-8-18(9-6-11)13-7-10-22-16(13)21/h1-4,11,13,19H,5-10H2,(H,17,20)/t13-/m1/s1. The third kappa shape index (κ3) is 3.06. The third-order valence-corrected chi connectivity index (χ3v) is 4.41. The van der Waals surface area contributed by atoms with Crippen LogP contribution in [0.1, 0.15) is 19.3 Å². The van der Waals surface area contributed by atoms with Crippen LogP contribution in [0.4, 0.5) is 5.69 Å². The first-order chi connectivity index (χ1) is 10.6. The van der Waals surface area contributed by atoms with Gasteiger partial charge in [-0.1, -0.05) is 12.1 Å². The monoisotopic (exact) mass is 304 g/mol. The Morgan fingerprint density at radius 1 is 1.23 bits per heavy atom. The summed E-state index contributed by atoms with van der Waals surface area (Å²) >= 11 is 0. The molecule has 22 heavy (non-hydrogen) atoms. The molecule has 0 aliphatic carbocycles. The fourth-order valence-corrected chi connectivity index (χ4v) is 3.10. The third-order valence-electron chi connectivity index (χ3n) is 4.41. The van der Waals surface area contributed by atoms with Gasteiger partial charge < -0.3 is 15.2 Å². The number of para-hydroxylation sites is 2. The van der Waals surface area contributed by atoms with Gasteiger partial charge in [0.1, 0.15) is 11.8 Å². The molecule has 0 unspecified atom stereocenters. The number of anilines is 1. The number of piperidine rings is 1. The molecule has 2 heterocycles. The minimum absolute atomic E-state index is 0.0713. The molecule has 2 saturated heterocycles. The zero-order valence-corrected chi connectivity index (χ0v) is 12.3. The van der Waals surface area contributed by atoms with Gasteiger partial charge in [0.15, 0.2) is 0 Å². The van der Waals surface area contributed by atoms with Crippen molar-refractivity contribution < 1.29 is 19.4 Å². The number of nitrogens with zero attached hydrogens (tertiary/aromatic N) is 1. The molecule has 3 rings (SSSR count). The molecule has 6 heteroatoms. The normalized spacial score (nSPS) is 23.3. The highest BCUT2D eigenvalue weighted by molar-refractivity contribution is 5.93. The number of phenols is 1. The fraction of sp³-hybridized carbons (Fsp3) is 0.500. The molecule has 0 saturated carbocycles. The van der Waals surface area contributed by atoms with Crippen LogP contribution in [-0.4, -0.2) is 47.6 Å². The first-order valence-corrected chi connectivity index (χ1v) is 7.64. The van der Waals surface area contributed by atoms with Crippen LogP contribution < -0.4 is 5.32 Å². The highest BCUT2D eigenvalue weighted by Crippen LogP contribution is 2.26. The van der Waals surface area contributed by atoms with Gasteiger partial charge in [0.25, 0.3) is 0 Å². The average Bonchev–Trinajstić information content (AvgIpc) is 2.96. The Hall–Kier alpha value is -2.08. The maximum atomic E-state index is 12.3. The number of hydrogen-bond acceptors (Lipinski definition) is 5. The summed E-state index contributed by atoms with van der Waals surface area (Å²) in [6, 6.07) is 6.57. The Bertz CT molecular complexity index is 567. The summed E-state index contributed by atoms with van der Waals surface area (Å²) in [5.74, 6) is -0.234. The number of nitrogens with one attached hydrogen (secondary N) is 1. The van der Waals surface area contributed by atoms with Gasteiger partial charge in [0, 0.05) is 12.3 Å². The number of likely N-dealkylation sites (tertiary alicyclic amines) is 1. The lowest BCUT2D eigenvalue weighted by atomic mass is 9.94. The number of amides is 1. The molecule has 2 aliphatic rings. The summed E-state index contributed by atoms with van der Waals surface area (Å²) in [6.45, 7) is 1.94. The second kappa shape index (κ2) is 6.36. The van der Waals surface area contributed by atoms with Crippen LogP contribution in [0.5, 0.6) is 5.75 Å². The van der Waals surface area contributed by atoms with E-state index in [4.69, 9.17) is 4.74 Å². The minimum Gasteiger partial charge on any atom is -0.506 e. The smallest absolute Gasteiger partial charge is 0.323 e. The van der Waals surface area contributed by atoms with Crippen molar-refractivity contribution in [3.63, 3.8) is 0 Å². The number of ether oxygens (including phenoxy) is 1. The summed E-state index contributed by atoms with van der Waals surface area (Å²) in [5.41, 5.74) is 0.439. The molecule has 1 aromatic rings. The number of cyclic esters (lactones) is 1. The molecule has 0 bridgehead atoms. The van der Waals surface area contributed by atoms with E-state index in [1.807, 2.05) is 0 Å². The molecule has 0 aromatic heterocycles. The van der Waals surface area contributed by atoms with Crippen LogP contribution in [0.2, 0.25) is 0 Å². The van der Waals surface area contributed by atoms with Crippen molar-refractivity contribution >= 4 is 17.6 Å². The van der Waals surface area contributed by atoms with Crippen molar-refractivity contribution in [2.24, 2.45) is 5.92 Å². The van der Waals surface area contributed by atoms with E-state index in [9.17, 15) is 14.7 Å². The summed E-state index contributed by atoms with van der Waals surface area (Å²) in [5, 5.41) is 12.5. The van der Waals surface area contributed by atoms with Crippen molar-refractivity contribution in [1.82, 2.24) is 4.90 Å². The Balaban J connectivity index is 1.54. The van der Waals surface area contributed by atoms with E-state index in [2.05, 4.69) is 10.2 Å². The number of hydrogen-bond donors (Lipinski definition) is 2. The number of aromatic hydroxyl groups is 1. The molecule has 1 amide bonds. The molecule has 118 valence electrons. The number of esters is 1. The van der Waals surface area contributed by atoms with E-state index in [1.165, 1.54) is 0 Å². The molecular formula is C16H20N2O4. The number of carbonyl (C=O) groups is 2. The largest absolute Gasteiger partial charge is 0.506 e. The molecule has 6 nitrogen and oxygen atoms in total. The van der Waals surface area contributed by atoms with Crippen LogP contribution in [0.25, 0.3) is 0 Å². The van der Waals surface area contributed by atoms with E-state index >= 15 is 0 Å². The zero-order valence-electron chi connectivity index (χ0n) is 12.3. The SMILES string of the molecule is O=C(Nc1ccccc1O)C1CCN([C@@H]2CCOC2=O)CC1. The Morgan fingerprint density at radius 3 is 2.59 bits per heavy atom. The van der Waals surface area contributed by atoms with Crippen molar-refractivity contribution in [1.29, 1.82) is 0 Å². The number of benzene rings is 1. The number of carbonyl (C=O) groups excluding carboxylic acids is 2. The molecule has 2 aliphatic heterocycles. The van der Waals surface area contributed by atoms with Gasteiger partial charge in [-0.25, -0.2) is 0 Å². The lowest BCUT2D eigenvalue weighted by molar-refractivity contribution is -0.142. The summed E-state index contributed by atoms with van der Waals surface area (Å²) in [7, 11) is 0. The van der Waals surface area contributed by atoms with Gasteiger partial charge >= 0.3 is 5.97 Å². The second-order valence-electron chi connectivity index (χ2n) is 5.79. The molecule has 1 atom stereocenters. The van der Waals surface area contributed by atoms with Gasteiger partial charge in [0.2, 0.25) is 5.91 Å². The van der Waals surface area contributed by atoms with Gasteiger partial charge in [-0.05, 0) is 38.1 Å². The van der Waals surface area contributed by atoms with Gasteiger partial charge in [-0.2, -0.15) is 0 Å². The Kier molecular flexibility index (Phi) is 4.29. The summed E-state index contributed by atoms with van der Waals surface area (Å²) < 4.78 is 5.00. The Morgan fingerprint density at radius 2 is 1.95 bits per heavy atom. The van der Waals surface area contributed by atoms with Gasteiger partial charge in [-0.3, -0.25) is 14.5 Å². The highest BCUT2D eigenvalue weighted by atomic mass is 16.5. The quantitative estimate of drug-likeness (QED) is 0.651. The summed E-state index contributed by atoms with van der Waals surface area (Å²) in [6.07, 6.45) is 2.17. The van der Waals surface area contributed by atoms with Crippen molar-refractivity contribution in [2.75, 3.05) is 25.0 Å². The van der Waals surface area contributed by atoms with Crippen LogP contribution in [0, 0.1) is 5.92 Å². The van der Waals surface area contributed by atoms with E-state index in [-0.39, 0.29) is 29.6 Å². The number of phenolic OH excluding ortho intramolecular Hbond substituents is 1. The molecule has 1 aromatic carbocycles. The average molecular weight is 304 g/mol. The predicted molar refractivity (Wildman–Crippen MR) is 80.4 cm³/mol. The van der Waals surface area contributed by atoms with Crippen molar-refractivity contribution in [3.8, 4) is 5.75 Å².